The van der Waals surface area contributed by atoms with Gasteiger partial charge in [-0.25, -0.2) is 13.4 Å². The van der Waals surface area contributed by atoms with Crippen molar-refractivity contribution in [2.45, 2.75) is 31.8 Å². The maximum absolute atomic E-state index is 11.3. The van der Waals surface area contributed by atoms with Gasteiger partial charge in [-0.2, -0.15) is 0 Å². The molecular formula is C10H16N2O2S2. The lowest BCUT2D eigenvalue weighted by Gasteiger charge is -2.25. The maximum Gasteiger partial charge on any atom is 0.150 e. The lowest BCUT2D eigenvalue weighted by atomic mass is 10.1. The lowest BCUT2D eigenvalue weighted by Crippen LogP contribution is -2.38. The molecule has 1 aromatic rings. The van der Waals surface area contributed by atoms with Crippen molar-refractivity contribution in [1.82, 2.24) is 10.3 Å². The van der Waals surface area contributed by atoms with Crippen LogP contribution in [0.5, 0.6) is 0 Å². The maximum atomic E-state index is 11.3. The van der Waals surface area contributed by atoms with Crippen LogP contribution in [0.1, 0.15) is 31.5 Å². The van der Waals surface area contributed by atoms with E-state index in [9.17, 15) is 8.42 Å². The van der Waals surface area contributed by atoms with Crippen LogP contribution >= 0.6 is 11.3 Å². The molecule has 1 fully saturated rings. The lowest BCUT2D eigenvalue weighted by molar-refractivity contribution is 0.416. The van der Waals surface area contributed by atoms with Gasteiger partial charge in [-0.3, -0.25) is 0 Å². The van der Waals surface area contributed by atoms with Crippen LogP contribution in [0, 0.1) is 0 Å². The van der Waals surface area contributed by atoms with Crippen molar-refractivity contribution >= 4 is 21.2 Å². The molecule has 0 saturated carbocycles. The van der Waals surface area contributed by atoms with Crippen LogP contribution in [-0.2, 0) is 9.84 Å². The smallest absolute Gasteiger partial charge is 0.150 e. The van der Waals surface area contributed by atoms with E-state index in [4.69, 9.17) is 0 Å². The van der Waals surface area contributed by atoms with Gasteiger partial charge in [-0.05, 0) is 19.8 Å². The molecule has 1 aromatic heterocycles. The van der Waals surface area contributed by atoms with E-state index in [1.807, 2.05) is 10.9 Å². The molecule has 1 saturated heterocycles. The predicted molar refractivity (Wildman–Crippen MR) is 65.3 cm³/mol. The van der Waals surface area contributed by atoms with Crippen molar-refractivity contribution in [2.75, 3.05) is 11.5 Å². The van der Waals surface area contributed by atoms with E-state index >= 15 is 0 Å². The molecule has 4 nitrogen and oxygen atoms in total. The van der Waals surface area contributed by atoms with Crippen molar-refractivity contribution in [3.05, 3.63) is 16.6 Å². The predicted octanol–water partition coefficient (Wildman–Crippen LogP) is 1.37. The van der Waals surface area contributed by atoms with E-state index in [0.717, 1.165) is 18.5 Å². The van der Waals surface area contributed by atoms with Crippen LogP contribution in [0.25, 0.3) is 0 Å². The number of thiazole rings is 1. The van der Waals surface area contributed by atoms with E-state index in [0.29, 0.717) is 17.5 Å². The Hall–Kier alpha value is -0.460. The van der Waals surface area contributed by atoms with E-state index < -0.39 is 9.84 Å². The number of hydrogen-bond donors (Lipinski definition) is 1. The Morgan fingerprint density at radius 2 is 2.19 bits per heavy atom. The molecular weight excluding hydrogens is 244 g/mol. The highest BCUT2D eigenvalue weighted by molar-refractivity contribution is 7.91. The summed E-state index contributed by atoms with van der Waals surface area (Å²) in [5.74, 6) is 0.628. The quantitative estimate of drug-likeness (QED) is 0.892. The zero-order valence-corrected chi connectivity index (χ0v) is 10.9. The Morgan fingerprint density at radius 3 is 2.75 bits per heavy atom. The molecule has 90 valence electrons. The number of sulfone groups is 1. The molecule has 2 heterocycles. The average molecular weight is 260 g/mol. The zero-order valence-electron chi connectivity index (χ0n) is 9.22. The summed E-state index contributed by atoms with van der Waals surface area (Å²) in [7, 11) is -2.76. The van der Waals surface area contributed by atoms with Crippen LogP contribution in [0.3, 0.4) is 0 Å². The van der Waals surface area contributed by atoms with Gasteiger partial charge >= 0.3 is 0 Å². The summed E-state index contributed by atoms with van der Waals surface area (Å²) in [6, 6.07) is 0.511. The van der Waals surface area contributed by atoms with Gasteiger partial charge in [0.2, 0.25) is 0 Å². The molecule has 0 spiro atoms. The first-order valence-electron chi connectivity index (χ1n) is 5.41. The van der Waals surface area contributed by atoms with Gasteiger partial charge in [0.05, 0.1) is 22.7 Å². The zero-order chi connectivity index (χ0) is 11.6. The molecule has 0 amide bonds. The van der Waals surface area contributed by atoms with Crippen molar-refractivity contribution in [3.63, 3.8) is 0 Å². The fourth-order valence-corrected chi connectivity index (χ4v) is 4.07. The Balaban J connectivity index is 1.87. The van der Waals surface area contributed by atoms with Gasteiger partial charge in [-0.1, -0.05) is 0 Å². The summed E-state index contributed by atoms with van der Waals surface area (Å²) in [6.45, 7) is 2.07. The fourth-order valence-electron chi connectivity index (χ4n) is 1.93. The van der Waals surface area contributed by atoms with Crippen molar-refractivity contribution in [1.29, 1.82) is 0 Å². The highest BCUT2D eigenvalue weighted by atomic mass is 32.2. The molecule has 1 aliphatic rings. The summed E-state index contributed by atoms with van der Waals surface area (Å²) in [5.41, 5.74) is 2.86. The normalized spacial score (nSPS) is 23.1. The molecule has 16 heavy (non-hydrogen) atoms. The van der Waals surface area contributed by atoms with Gasteiger partial charge in [0.15, 0.2) is 0 Å². The minimum Gasteiger partial charge on any atom is -0.306 e. The second-order valence-corrected chi connectivity index (χ2v) is 7.25. The van der Waals surface area contributed by atoms with Crippen LogP contribution in [0.15, 0.2) is 10.9 Å². The van der Waals surface area contributed by atoms with Gasteiger partial charge in [0.1, 0.15) is 9.84 Å². The number of nitrogens with one attached hydrogen (secondary N) is 1. The molecule has 1 atom stereocenters. The van der Waals surface area contributed by atoms with E-state index in [1.54, 1.807) is 11.3 Å². The highest BCUT2D eigenvalue weighted by Crippen LogP contribution is 2.18. The molecule has 1 aliphatic heterocycles. The topological polar surface area (TPSA) is 59.1 Å². The molecule has 0 radical (unpaired) electrons. The van der Waals surface area contributed by atoms with Crippen LogP contribution in [-0.4, -0.2) is 30.9 Å². The van der Waals surface area contributed by atoms with E-state index in [2.05, 4.69) is 17.2 Å². The van der Waals surface area contributed by atoms with Gasteiger partial charge in [0, 0.05) is 17.5 Å². The van der Waals surface area contributed by atoms with Gasteiger partial charge in [-0.15, -0.1) is 11.3 Å². The molecule has 0 aliphatic carbocycles. The third kappa shape index (κ3) is 3.02. The van der Waals surface area contributed by atoms with E-state index in [-0.39, 0.29) is 6.04 Å². The Bertz CT molecular complexity index is 414. The first-order valence-corrected chi connectivity index (χ1v) is 8.18. The average Bonchev–Trinajstić information content (AvgIpc) is 2.74. The Labute approximate surface area is 100 Å². The minimum atomic E-state index is -2.76. The summed E-state index contributed by atoms with van der Waals surface area (Å²) in [4.78, 5) is 4.25. The SMILES string of the molecule is CC(NC1CCS(=O)(=O)CC1)c1cscn1. The fraction of sp³-hybridized carbons (Fsp3) is 0.700. The molecule has 0 aromatic carbocycles. The Kier molecular flexibility index (Phi) is 3.61. The summed E-state index contributed by atoms with van der Waals surface area (Å²) < 4.78 is 22.5. The minimum absolute atomic E-state index is 0.206. The van der Waals surface area contributed by atoms with Gasteiger partial charge in [0.25, 0.3) is 0 Å². The van der Waals surface area contributed by atoms with E-state index in [1.165, 1.54) is 0 Å². The second kappa shape index (κ2) is 4.81. The number of rotatable bonds is 3. The molecule has 6 heteroatoms. The first-order chi connectivity index (χ1) is 7.57. The summed E-state index contributed by atoms with van der Waals surface area (Å²) in [6.07, 6.45) is 1.44. The Morgan fingerprint density at radius 1 is 1.50 bits per heavy atom. The highest BCUT2D eigenvalue weighted by Gasteiger charge is 2.24. The number of nitrogens with zero attached hydrogens (tertiary/aromatic N) is 1. The molecule has 0 bridgehead atoms. The van der Waals surface area contributed by atoms with Crippen molar-refractivity contribution < 1.29 is 8.42 Å². The van der Waals surface area contributed by atoms with Crippen LogP contribution < -0.4 is 5.32 Å². The number of aromatic nitrogens is 1. The second-order valence-electron chi connectivity index (χ2n) is 4.23. The number of hydrogen-bond acceptors (Lipinski definition) is 5. The summed E-state index contributed by atoms with van der Waals surface area (Å²) in [5, 5.41) is 5.46. The van der Waals surface area contributed by atoms with Crippen molar-refractivity contribution in [2.24, 2.45) is 0 Å². The monoisotopic (exact) mass is 260 g/mol. The third-order valence-corrected chi connectivity index (χ3v) is 5.26. The van der Waals surface area contributed by atoms with Crippen LogP contribution in [0.2, 0.25) is 0 Å². The van der Waals surface area contributed by atoms with Crippen LogP contribution in [0.4, 0.5) is 0 Å². The summed E-state index contributed by atoms with van der Waals surface area (Å²) >= 11 is 1.58. The van der Waals surface area contributed by atoms with Gasteiger partial charge < -0.3 is 5.32 Å². The largest absolute Gasteiger partial charge is 0.306 e. The molecule has 1 N–H and O–H groups in total. The van der Waals surface area contributed by atoms with Crippen molar-refractivity contribution in [3.8, 4) is 0 Å². The first kappa shape index (κ1) is 12.0. The standard InChI is InChI=1S/C10H16N2O2S2/c1-8(10-6-15-7-11-10)12-9-2-4-16(13,14)5-3-9/h6-9,12H,2-5H2,1H3. The third-order valence-electron chi connectivity index (χ3n) is 2.94. The molecule has 1 unspecified atom stereocenters. The molecule has 2 rings (SSSR count).